The van der Waals surface area contributed by atoms with Gasteiger partial charge in [-0.15, -0.1) is 0 Å². The van der Waals surface area contributed by atoms with Crippen molar-refractivity contribution < 1.29 is 23.8 Å². The van der Waals surface area contributed by atoms with Crippen molar-refractivity contribution in [3.05, 3.63) is 102 Å². The third-order valence-electron chi connectivity index (χ3n) is 7.02. The zero-order chi connectivity index (χ0) is 25.0. The summed E-state index contributed by atoms with van der Waals surface area (Å²) in [5.74, 6) is 1.96. The van der Waals surface area contributed by atoms with Gasteiger partial charge in [-0.3, -0.25) is 9.59 Å². The number of nitrogens with zero attached hydrogens (tertiary/aromatic N) is 3. The molecule has 9 heteroatoms. The molecule has 0 saturated heterocycles. The lowest BCUT2D eigenvalue weighted by atomic mass is 9.77. The van der Waals surface area contributed by atoms with Crippen LogP contribution in [0, 0.1) is 0 Å². The molecule has 0 radical (unpaired) electrons. The van der Waals surface area contributed by atoms with E-state index in [0.717, 1.165) is 22.4 Å². The van der Waals surface area contributed by atoms with E-state index >= 15 is 0 Å². The molecule has 7 rings (SSSR count). The van der Waals surface area contributed by atoms with Crippen molar-refractivity contribution in [1.82, 2.24) is 9.97 Å². The molecular weight excluding hydrogens is 472 g/mol. The van der Waals surface area contributed by atoms with Crippen LogP contribution < -0.4 is 24.4 Å². The molecule has 1 aromatic heterocycles. The maximum atomic E-state index is 14.1. The smallest absolute Gasteiger partial charge is 0.256 e. The minimum absolute atomic E-state index is 0.0584. The van der Waals surface area contributed by atoms with E-state index in [0.29, 0.717) is 35.2 Å². The average molecular weight is 492 g/mol. The van der Waals surface area contributed by atoms with Gasteiger partial charge in [-0.25, -0.2) is 9.97 Å². The Morgan fingerprint density at radius 1 is 0.946 bits per heavy atom. The number of carbonyl (C=O) groups is 2. The average Bonchev–Trinajstić information content (AvgIpc) is 3.61. The second kappa shape index (κ2) is 8.06. The third-order valence-corrected chi connectivity index (χ3v) is 7.02. The first-order chi connectivity index (χ1) is 18.1. The molecule has 37 heavy (non-hydrogen) atoms. The summed E-state index contributed by atoms with van der Waals surface area (Å²) in [6.07, 6.45) is 2.93. The van der Waals surface area contributed by atoms with Gasteiger partial charge in [-0.05, 0) is 41.5 Å². The van der Waals surface area contributed by atoms with Crippen molar-refractivity contribution in [3.63, 3.8) is 0 Å². The maximum Gasteiger partial charge on any atom is 0.256 e. The van der Waals surface area contributed by atoms with Crippen LogP contribution in [0.25, 0.3) is 0 Å². The summed E-state index contributed by atoms with van der Waals surface area (Å²) in [6.45, 7) is 0.708. The van der Waals surface area contributed by atoms with Crippen molar-refractivity contribution in [3.8, 4) is 17.2 Å². The van der Waals surface area contributed by atoms with E-state index in [9.17, 15) is 9.59 Å². The maximum absolute atomic E-state index is 14.1. The molecule has 9 nitrogen and oxygen atoms in total. The molecule has 0 saturated carbocycles. The van der Waals surface area contributed by atoms with Crippen LogP contribution in [0.5, 0.6) is 17.2 Å². The predicted molar refractivity (Wildman–Crippen MR) is 133 cm³/mol. The lowest BCUT2D eigenvalue weighted by molar-refractivity contribution is -0.122. The van der Waals surface area contributed by atoms with Crippen molar-refractivity contribution >= 4 is 23.3 Å². The normalized spacial score (nSPS) is 18.5. The summed E-state index contributed by atoms with van der Waals surface area (Å²) in [4.78, 5) is 36.4. The fourth-order valence-corrected chi connectivity index (χ4v) is 5.22. The van der Waals surface area contributed by atoms with E-state index in [4.69, 9.17) is 14.2 Å². The van der Waals surface area contributed by atoms with Gasteiger partial charge >= 0.3 is 0 Å². The molecule has 2 amide bonds. The summed E-state index contributed by atoms with van der Waals surface area (Å²) >= 11 is 0. The lowest BCUT2D eigenvalue weighted by Crippen LogP contribution is -2.42. The van der Waals surface area contributed by atoms with Gasteiger partial charge in [0.1, 0.15) is 29.9 Å². The van der Waals surface area contributed by atoms with Gasteiger partial charge in [0.15, 0.2) is 11.5 Å². The van der Waals surface area contributed by atoms with E-state index in [2.05, 4.69) is 15.3 Å². The summed E-state index contributed by atoms with van der Waals surface area (Å²) in [6, 6.07) is 20.3. The monoisotopic (exact) mass is 492 g/mol. The summed E-state index contributed by atoms with van der Waals surface area (Å²) in [5, 5.41) is 2.74. The number of ether oxygens (including phenoxy) is 3. The Hall–Kier alpha value is -4.92. The van der Waals surface area contributed by atoms with Gasteiger partial charge in [0.2, 0.25) is 12.7 Å². The SMILES string of the molecule is O=C(Nc1ccncn1)c1ccc(CN2C(=O)C3(COc4cc5c(cc43)OCO5)c3ccccc32)cc1. The molecule has 0 fully saturated rings. The van der Waals surface area contributed by atoms with Gasteiger partial charge in [-0.1, -0.05) is 30.3 Å². The number of fused-ring (bicyclic) bond motifs is 5. The Bertz CT molecular complexity index is 1560. The number of rotatable bonds is 4. The van der Waals surface area contributed by atoms with E-state index in [1.807, 2.05) is 42.5 Å². The molecule has 0 bridgehead atoms. The van der Waals surface area contributed by atoms with Crippen LogP contribution in [-0.2, 0) is 16.8 Å². The summed E-state index contributed by atoms with van der Waals surface area (Å²) < 4.78 is 17.1. The van der Waals surface area contributed by atoms with Crippen LogP contribution >= 0.6 is 0 Å². The Kier molecular flexibility index (Phi) is 4.65. The highest BCUT2D eigenvalue weighted by Gasteiger charge is 2.57. The molecule has 4 heterocycles. The van der Waals surface area contributed by atoms with Crippen LogP contribution in [0.4, 0.5) is 11.5 Å². The molecule has 0 aliphatic carbocycles. The van der Waals surface area contributed by atoms with Gasteiger partial charge < -0.3 is 24.4 Å². The van der Waals surface area contributed by atoms with Crippen LogP contribution in [0.3, 0.4) is 0 Å². The third kappa shape index (κ3) is 3.24. The molecule has 1 unspecified atom stereocenters. The molecule has 3 aliphatic rings. The minimum atomic E-state index is -0.954. The van der Waals surface area contributed by atoms with E-state index in [1.165, 1.54) is 6.33 Å². The van der Waals surface area contributed by atoms with Crippen LogP contribution in [0.15, 0.2) is 79.3 Å². The number of para-hydroxylation sites is 1. The number of aromatic nitrogens is 2. The van der Waals surface area contributed by atoms with E-state index in [-0.39, 0.29) is 25.2 Å². The highest BCUT2D eigenvalue weighted by Crippen LogP contribution is 2.55. The highest BCUT2D eigenvalue weighted by molar-refractivity contribution is 6.11. The second-order valence-corrected chi connectivity index (χ2v) is 9.05. The standard InChI is InChI=1S/C28H20N4O5/c33-26(31-25-9-10-29-15-30-25)18-7-5-17(6-8-18)13-32-21-4-2-1-3-19(21)28(27(32)34)14-35-22-12-24-23(11-20(22)28)36-16-37-24/h1-12,15H,13-14,16H2,(H,29,30,31,33). The van der Waals surface area contributed by atoms with Crippen molar-refractivity contribution in [2.24, 2.45) is 0 Å². The molecule has 3 aromatic carbocycles. The molecule has 4 aromatic rings. The Balaban J connectivity index is 1.19. The number of benzene rings is 3. The second-order valence-electron chi connectivity index (χ2n) is 9.05. The Morgan fingerprint density at radius 2 is 1.76 bits per heavy atom. The number of amides is 2. The van der Waals surface area contributed by atoms with E-state index < -0.39 is 5.41 Å². The molecule has 3 aliphatic heterocycles. The van der Waals surface area contributed by atoms with Crippen LogP contribution in [0.1, 0.15) is 27.0 Å². The van der Waals surface area contributed by atoms with Crippen molar-refractivity contribution in [1.29, 1.82) is 0 Å². The zero-order valence-electron chi connectivity index (χ0n) is 19.5. The molecule has 1 N–H and O–H groups in total. The fraction of sp³-hybridized carbons (Fsp3) is 0.143. The van der Waals surface area contributed by atoms with Gasteiger partial charge in [0.25, 0.3) is 5.91 Å². The van der Waals surface area contributed by atoms with E-state index in [1.54, 1.807) is 35.4 Å². The largest absolute Gasteiger partial charge is 0.491 e. The molecule has 1 atom stereocenters. The van der Waals surface area contributed by atoms with Crippen LogP contribution in [0.2, 0.25) is 0 Å². The first-order valence-corrected chi connectivity index (χ1v) is 11.8. The molecule has 1 spiro atoms. The van der Waals surface area contributed by atoms with Gasteiger partial charge in [0, 0.05) is 29.1 Å². The molecule has 182 valence electrons. The van der Waals surface area contributed by atoms with Crippen LogP contribution in [-0.4, -0.2) is 35.2 Å². The fourth-order valence-electron chi connectivity index (χ4n) is 5.22. The number of hydrogen-bond donors (Lipinski definition) is 1. The molecular formula is C28H20N4O5. The lowest BCUT2D eigenvalue weighted by Gasteiger charge is -2.23. The predicted octanol–water partition coefficient (Wildman–Crippen LogP) is 3.68. The van der Waals surface area contributed by atoms with Crippen molar-refractivity contribution in [2.75, 3.05) is 23.6 Å². The van der Waals surface area contributed by atoms with Crippen molar-refractivity contribution in [2.45, 2.75) is 12.0 Å². The Morgan fingerprint density at radius 3 is 2.57 bits per heavy atom. The van der Waals surface area contributed by atoms with Gasteiger partial charge in [-0.2, -0.15) is 0 Å². The number of nitrogens with one attached hydrogen (secondary N) is 1. The number of anilines is 2. The topological polar surface area (TPSA) is 103 Å². The summed E-state index contributed by atoms with van der Waals surface area (Å²) in [5.41, 5.74) is 2.95. The first kappa shape index (κ1) is 21.4. The minimum Gasteiger partial charge on any atom is -0.491 e. The Labute approximate surface area is 211 Å². The zero-order valence-corrected chi connectivity index (χ0v) is 19.5. The quantitative estimate of drug-likeness (QED) is 0.464. The number of carbonyl (C=O) groups excluding carboxylic acids is 2. The first-order valence-electron chi connectivity index (χ1n) is 11.8. The summed E-state index contributed by atoms with van der Waals surface area (Å²) in [7, 11) is 0. The number of hydrogen-bond acceptors (Lipinski definition) is 7. The van der Waals surface area contributed by atoms with Gasteiger partial charge in [0.05, 0.1) is 6.54 Å². The highest BCUT2D eigenvalue weighted by atomic mass is 16.7.